The minimum Gasteiger partial charge on any atom is -0.425 e. The van der Waals surface area contributed by atoms with Crippen molar-refractivity contribution in [1.82, 2.24) is 15.1 Å². The van der Waals surface area contributed by atoms with Crippen molar-refractivity contribution in [3.63, 3.8) is 0 Å². The van der Waals surface area contributed by atoms with Crippen LogP contribution in [0.2, 0.25) is 0 Å². The zero-order valence-electron chi connectivity index (χ0n) is 11.5. The molecule has 5 nitrogen and oxygen atoms in total. The summed E-state index contributed by atoms with van der Waals surface area (Å²) >= 11 is 0. The normalized spacial score (nSPS) is 24.9. The number of hydrogen-bond donors (Lipinski definition) is 0. The van der Waals surface area contributed by atoms with Crippen LogP contribution < -0.4 is 0 Å². The Hall–Kier alpha value is -1.39. The fourth-order valence-corrected chi connectivity index (χ4v) is 3.25. The molecule has 1 aromatic rings. The second-order valence-electron chi connectivity index (χ2n) is 5.76. The lowest BCUT2D eigenvalue weighted by Gasteiger charge is -2.26. The number of carbonyl (C=O) groups excluding carboxylic acids is 1. The SMILES string of the molecule is Cc1nnc(C2CCN(C(=O)C3CCCCC3)C2)o1. The van der Waals surface area contributed by atoms with Crippen molar-refractivity contribution in [3.8, 4) is 0 Å². The Bertz CT molecular complexity index is 451. The average molecular weight is 263 g/mol. The van der Waals surface area contributed by atoms with Gasteiger partial charge in [-0.3, -0.25) is 4.79 Å². The van der Waals surface area contributed by atoms with Crippen LogP contribution in [0.1, 0.15) is 56.2 Å². The molecule has 2 aliphatic rings. The first kappa shape index (κ1) is 12.6. The summed E-state index contributed by atoms with van der Waals surface area (Å²) in [5.41, 5.74) is 0. The van der Waals surface area contributed by atoms with E-state index in [9.17, 15) is 4.79 Å². The van der Waals surface area contributed by atoms with Gasteiger partial charge in [0.25, 0.3) is 0 Å². The second kappa shape index (κ2) is 5.31. The lowest BCUT2D eigenvalue weighted by molar-refractivity contribution is -0.135. The first-order chi connectivity index (χ1) is 9.24. The highest BCUT2D eigenvalue weighted by molar-refractivity contribution is 5.79. The molecule has 0 aromatic carbocycles. The van der Waals surface area contributed by atoms with Gasteiger partial charge in [-0.25, -0.2) is 0 Å². The van der Waals surface area contributed by atoms with Crippen LogP contribution in [0.3, 0.4) is 0 Å². The Morgan fingerprint density at radius 2 is 2.00 bits per heavy atom. The van der Waals surface area contributed by atoms with Crippen LogP contribution in [0, 0.1) is 12.8 Å². The largest absolute Gasteiger partial charge is 0.425 e. The van der Waals surface area contributed by atoms with Crippen LogP contribution in [0.5, 0.6) is 0 Å². The topological polar surface area (TPSA) is 59.2 Å². The maximum Gasteiger partial charge on any atom is 0.225 e. The molecule has 1 unspecified atom stereocenters. The van der Waals surface area contributed by atoms with E-state index in [1.54, 1.807) is 6.92 Å². The van der Waals surface area contributed by atoms with E-state index in [0.29, 0.717) is 17.7 Å². The van der Waals surface area contributed by atoms with E-state index in [4.69, 9.17) is 4.42 Å². The van der Waals surface area contributed by atoms with Gasteiger partial charge in [-0.15, -0.1) is 10.2 Å². The third-order valence-corrected chi connectivity index (χ3v) is 4.35. The van der Waals surface area contributed by atoms with Gasteiger partial charge in [0, 0.05) is 25.9 Å². The number of aromatic nitrogens is 2. The predicted molar refractivity (Wildman–Crippen MR) is 69.5 cm³/mol. The fraction of sp³-hybridized carbons (Fsp3) is 0.786. The molecule has 1 amide bonds. The smallest absolute Gasteiger partial charge is 0.225 e. The van der Waals surface area contributed by atoms with Gasteiger partial charge in [0.15, 0.2) is 0 Å². The molecule has 3 rings (SSSR count). The maximum absolute atomic E-state index is 12.4. The summed E-state index contributed by atoms with van der Waals surface area (Å²) in [5, 5.41) is 7.95. The van der Waals surface area contributed by atoms with Crippen LogP contribution in [-0.2, 0) is 4.79 Å². The Labute approximate surface area is 113 Å². The molecule has 1 saturated heterocycles. The minimum absolute atomic E-state index is 0.230. The number of amides is 1. The molecule has 0 bridgehead atoms. The molecule has 0 N–H and O–H groups in total. The van der Waals surface area contributed by atoms with Crippen molar-refractivity contribution in [3.05, 3.63) is 11.8 Å². The number of likely N-dealkylation sites (tertiary alicyclic amines) is 1. The summed E-state index contributed by atoms with van der Waals surface area (Å²) in [7, 11) is 0. The molecule has 1 aliphatic heterocycles. The second-order valence-corrected chi connectivity index (χ2v) is 5.76. The van der Waals surface area contributed by atoms with Crippen molar-refractivity contribution in [2.75, 3.05) is 13.1 Å². The lowest BCUT2D eigenvalue weighted by atomic mass is 9.88. The number of hydrogen-bond acceptors (Lipinski definition) is 4. The molecule has 104 valence electrons. The van der Waals surface area contributed by atoms with Crippen LogP contribution in [0.15, 0.2) is 4.42 Å². The van der Waals surface area contributed by atoms with E-state index in [1.165, 1.54) is 19.3 Å². The monoisotopic (exact) mass is 263 g/mol. The molecule has 0 spiro atoms. The van der Waals surface area contributed by atoms with Gasteiger partial charge in [0.2, 0.25) is 17.7 Å². The standard InChI is InChI=1S/C14H21N3O2/c1-10-15-16-13(19-10)12-7-8-17(9-12)14(18)11-5-3-2-4-6-11/h11-12H,2-9H2,1H3. The zero-order valence-corrected chi connectivity index (χ0v) is 11.5. The summed E-state index contributed by atoms with van der Waals surface area (Å²) in [6.07, 6.45) is 6.78. The molecular weight excluding hydrogens is 242 g/mol. The number of rotatable bonds is 2. The Morgan fingerprint density at radius 1 is 1.21 bits per heavy atom. The molecule has 1 aliphatic carbocycles. The summed E-state index contributed by atoms with van der Waals surface area (Å²) in [5.74, 6) is 2.13. The van der Waals surface area contributed by atoms with Gasteiger partial charge >= 0.3 is 0 Å². The molecule has 1 aromatic heterocycles. The van der Waals surface area contributed by atoms with Gasteiger partial charge in [-0.2, -0.15) is 0 Å². The van der Waals surface area contributed by atoms with Gasteiger partial charge in [-0.1, -0.05) is 19.3 Å². The third kappa shape index (κ3) is 2.65. The zero-order chi connectivity index (χ0) is 13.2. The molecule has 0 radical (unpaired) electrons. The molecular formula is C14H21N3O2. The molecule has 1 saturated carbocycles. The Kier molecular flexibility index (Phi) is 3.53. The van der Waals surface area contributed by atoms with Crippen LogP contribution >= 0.6 is 0 Å². The Morgan fingerprint density at radius 3 is 2.68 bits per heavy atom. The molecule has 2 heterocycles. The first-order valence-corrected chi connectivity index (χ1v) is 7.33. The van der Waals surface area contributed by atoms with Gasteiger partial charge in [-0.05, 0) is 19.3 Å². The van der Waals surface area contributed by atoms with Crippen LogP contribution in [-0.4, -0.2) is 34.1 Å². The van der Waals surface area contributed by atoms with Crippen molar-refractivity contribution >= 4 is 5.91 Å². The van der Waals surface area contributed by atoms with Crippen LogP contribution in [0.4, 0.5) is 0 Å². The predicted octanol–water partition coefficient (Wildman–Crippen LogP) is 2.27. The molecule has 1 atom stereocenters. The van der Waals surface area contributed by atoms with E-state index in [0.717, 1.165) is 32.4 Å². The number of nitrogens with zero attached hydrogens (tertiary/aromatic N) is 3. The first-order valence-electron chi connectivity index (χ1n) is 7.33. The number of carbonyl (C=O) groups is 1. The highest BCUT2D eigenvalue weighted by Gasteiger charge is 2.34. The summed E-state index contributed by atoms with van der Waals surface area (Å²) < 4.78 is 5.48. The summed E-state index contributed by atoms with van der Waals surface area (Å²) in [6.45, 7) is 3.38. The summed E-state index contributed by atoms with van der Waals surface area (Å²) in [4.78, 5) is 14.4. The maximum atomic E-state index is 12.4. The highest BCUT2D eigenvalue weighted by atomic mass is 16.4. The lowest BCUT2D eigenvalue weighted by Crippen LogP contribution is -2.35. The van der Waals surface area contributed by atoms with Crippen molar-refractivity contribution in [1.29, 1.82) is 0 Å². The van der Waals surface area contributed by atoms with E-state index in [2.05, 4.69) is 10.2 Å². The van der Waals surface area contributed by atoms with Gasteiger partial charge in [0.1, 0.15) is 0 Å². The van der Waals surface area contributed by atoms with E-state index < -0.39 is 0 Å². The van der Waals surface area contributed by atoms with E-state index >= 15 is 0 Å². The fourth-order valence-electron chi connectivity index (χ4n) is 3.25. The Balaban J connectivity index is 1.60. The highest BCUT2D eigenvalue weighted by Crippen LogP contribution is 2.30. The average Bonchev–Trinajstić information content (AvgIpc) is 3.07. The third-order valence-electron chi connectivity index (χ3n) is 4.35. The molecule has 19 heavy (non-hydrogen) atoms. The van der Waals surface area contributed by atoms with E-state index in [1.807, 2.05) is 4.90 Å². The van der Waals surface area contributed by atoms with Gasteiger partial charge < -0.3 is 9.32 Å². The number of aryl methyl sites for hydroxylation is 1. The van der Waals surface area contributed by atoms with E-state index in [-0.39, 0.29) is 11.8 Å². The molecule has 2 fully saturated rings. The van der Waals surface area contributed by atoms with Crippen LogP contribution in [0.25, 0.3) is 0 Å². The van der Waals surface area contributed by atoms with Gasteiger partial charge in [0.05, 0.1) is 5.92 Å². The van der Waals surface area contributed by atoms with Crippen molar-refractivity contribution in [2.45, 2.75) is 51.4 Å². The summed E-state index contributed by atoms with van der Waals surface area (Å²) in [6, 6.07) is 0. The molecule has 5 heteroatoms. The van der Waals surface area contributed by atoms with Crippen molar-refractivity contribution in [2.24, 2.45) is 5.92 Å². The quantitative estimate of drug-likeness (QED) is 0.821. The minimum atomic E-state index is 0.230. The van der Waals surface area contributed by atoms with Crippen molar-refractivity contribution < 1.29 is 9.21 Å².